The molecule has 0 aliphatic rings. The lowest BCUT2D eigenvalue weighted by atomic mass is 10.1. The lowest BCUT2D eigenvalue weighted by molar-refractivity contribution is -0.116. The number of carbonyl (C=O) groups excluding carboxylic acids is 1. The van der Waals surface area contributed by atoms with Gasteiger partial charge in [0.2, 0.25) is 5.91 Å². The SMILES string of the molecule is COc1cc2cc(CNc3ccc(C)cc3)c(=O)n(CC(=O)Nc3cc(C)cc(C)c3)c2cc1OC. The summed E-state index contributed by atoms with van der Waals surface area (Å²) >= 11 is 0. The number of amides is 1. The molecule has 0 saturated heterocycles. The predicted octanol–water partition coefficient (Wildman–Crippen LogP) is 5.19. The summed E-state index contributed by atoms with van der Waals surface area (Å²) in [6, 6.07) is 19.2. The van der Waals surface area contributed by atoms with Gasteiger partial charge in [-0.1, -0.05) is 23.8 Å². The van der Waals surface area contributed by atoms with E-state index in [-0.39, 0.29) is 18.0 Å². The Hall–Kier alpha value is -4.26. The highest BCUT2D eigenvalue weighted by atomic mass is 16.5. The van der Waals surface area contributed by atoms with Crippen LogP contribution in [0.2, 0.25) is 0 Å². The van der Waals surface area contributed by atoms with Crippen LogP contribution >= 0.6 is 0 Å². The Kier molecular flexibility index (Phi) is 7.29. The quantitative estimate of drug-likeness (QED) is 0.359. The molecule has 7 heteroatoms. The van der Waals surface area contributed by atoms with Crippen LogP contribution in [0.4, 0.5) is 11.4 Å². The van der Waals surface area contributed by atoms with Gasteiger partial charge in [-0.15, -0.1) is 0 Å². The molecule has 0 bridgehead atoms. The zero-order valence-corrected chi connectivity index (χ0v) is 21.3. The van der Waals surface area contributed by atoms with Gasteiger partial charge >= 0.3 is 0 Å². The van der Waals surface area contributed by atoms with Gasteiger partial charge in [0.25, 0.3) is 5.56 Å². The molecular weight excluding hydrogens is 454 g/mol. The minimum absolute atomic E-state index is 0.143. The van der Waals surface area contributed by atoms with E-state index in [0.717, 1.165) is 27.8 Å². The van der Waals surface area contributed by atoms with Crippen LogP contribution in [0.25, 0.3) is 10.9 Å². The normalized spacial score (nSPS) is 10.8. The second kappa shape index (κ2) is 10.6. The molecule has 3 aromatic carbocycles. The maximum Gasteiger partial charge on any atom is 0.256 e. The number of carbonyl (C=O) groups is 1. The van der Waals surface area contributed by atoms with E-state index in [2.05, 4.69) is 10.6 Å². The molecule has 0 aliphatic carbocycles. The van der Waals surface area contributed by atoms with Gasteiger partial charge in [-0.3, -0.25) is 14.2 Å². The molecule has 7 nitrogen and oxygen atoms in total. The summed E-state index contributed by atoms with van der Waals surface area (Å²) in [6.07, 6.45) is 0. The van der Waals surface area contributed by atoms with Gasteiger partial charge in [-0.05, 0) is 68.3 Å². The number of anilines is 2. The Labute approximate surface area is 210 Å². The number of pyridine rings is 1. The maximum atomic E-state index is 13.6. The Morgan fingerprint density at radius 3 is 2.08 bits per heavy atom. The third kappa shape index (κ3) is 5.51. The Bertz CT molecular complexity index is 1450. The second-order valence-corrected chi connectivity index (χ2v) is 8.97. The van der Waals surface area contributed by atoms with Crippen molar-refractivity contribution in [3.05, 3.63) is 93.3 Å². The highest BCUT2D eigenvalue weighted by Gasteiger charge is 2.16. The van der Waals surface area contributed by atoms with E-state index in [4.69, 9.17) is 9.47 Å². The molecular formula is C29H31N3O4. The fraction of sp³-hybridized carbons (Fsp3) is 0.241. The highest BCUT2D eigenvalue weighted by molar-refractivity contribution is 5.92. The number of hydrogen-bond donors (Lipinski definition) is 2. The minimum atomic E-state index is -0.290. The predicted molar refractivity (Wildman–Crippen MR) is 144 cm³/mol. The van der Waals surface area contributed by atoms with E-state index in [9.17, 15) is 9.59 Å². The summed E-state index contributed by atoms with van der Waals surface area (Å²) in [6.45, 7) is 6.15. The zero-order chi connectivity index (χ0) is 25.8. The van der Waals surface area contributed by atoms with Gasteiger partial charge in [0.05, 0.1) is 19.7 Å². The van der Waals surface area contributed by atoms with Gasteiger partial charge in [-0.25, -0.2) is 0 Å². The molecule has 2 N–H and O–H groups in total. The van der Waals surface area contributed by atoms with Crippen LogP contribution in [0.5, 0.6) is 11.5 Å². The molecule has 0 unspecified atom stereocenters. The van der Waals surface area contributed by atoms with E-state index in [0.29, 0.717) is 34.8 Å². The van der Waals surface area contributed by atoms with Gasteiger partial charge < -0.3 is 20.1 Å². The Morgan fingerprint density at radius 1 is 0.806 bits per heavy atom. The molecule has 4 aromatic rings. The molecule has 0 radical (unpaired) electrons. The molecule has 0 aliphatic heterocycles. The Balaban J connectivity index is 1.73. The van der Waals surface area contributed by atoms with E-state index in [1.165, 1.54) is 4.57 Å². The maximum absolute atomic E-state index is 13.6. The van der Waals surface area contributed by atoms with Crippen molar-refractivity contribution in [3.8, 4) is 11.5 Å². The lowest BCUT2D eigenvalue weighted by Gasteiger charge is -2.16. The number of aryl methyl sites for hydroxylation is 3. The molecule has 1 heterocycles. The van der Waals surface area contributed by atoms with Crippen molar-refractivity contribution in [1.82, 2.24) is 4.57 Å². The first-order valence-corrected chi connectivity index (χ1v) is 11.7. The lowest BCUT2D eigenvalue weighted by Crippen LogP contribution is -2.30. The van der Waals surface area contributed by atoms with Crippen molar-refractivity contribution in [3.63, 3.8) is 0 Å². The molecule has 186 valence electrons. The number of aromatic nitrogens is 1. The molecule has 1 amide bonds. The average Bonchev–Trinajstić information content (AvgIpc) is 2.84. The average molecular weight is 486 g/mol. The van der Waals surface area contributed by atoms with Crippen molar-refractivity contribution in [1.29, 1.82) is 0 Å². The zero-order valence-electron chi connectivity index (χ0n) is 21.3. The fourth-order valence-electron chi connectivity index (χ4n) is 4.31. The number of nitrogens with one attached hydrogen (secondary N) is 2. The third-order valence-electron chi connectivity index (χ3n) is 6.01. The van der Waals surface area contributed by atoms with Crippen molar-refractivity contribution >= 4 is 28.2 Å². The number of methoxy groups -OCH3 is 2. The van der Waals surface area contributed by atoms with Crippen LogP contribution in [0.1, 0.15) is 22.3 Å². The van der Waals surface area contributed by atoms with Crippen LogP contribution < -0.4 is 25.7 Å². The number of nitrogens with zero attached hydrogens (tertiary/aromatic N) is 1. The van der Waals surface area contributed by atoms with Crippen molar-refractivity contribution in [2.24, 2.45) is 0 Å². The second-order valence-electron chi connectivity index (χ2n) is 8.97. The van der Waals surface area contributed by atoms with Crippen molar-refractivity contribution < 1.29 is 14.3 Å². The first-order chi connectivity index (χ1) is 17.3. The topological polar surface area (TPSA) is 81.6 Å². The first-order valence-electron chi connectivity index (χ1n) is 11.7. The number of hydrogen-bond acceptors (Lipinski definition) is 5. The first kappa shape index (κ1) is 24.9. The Morgan fingerprint density at radius 2 is 1.44 bits per heavy atom. The van der Waals surface area contributed by atoms with Crippen LogP contribution in [-0.4, -0.2) is 24.7 Å². The van der Waals surface area contributed by atoms with E-state index >= 15 is 0 Å². The molecule has 36 heavy (non-hydrogen) atoms. The summed E-state index contributed by atoms with van der Waals surface area (Å²) in [7, 11) is 3.11. The van der Waals surface area contributed by atoms with Crippen molar-refractivity contribution in [2.45, 2.75) is 33.9 Å². The minimum Gasteiger partial charge on any atom is -0.493 e. The van der Waals surface area contributed by atoms with Gasteiger partial charge in [-0.2, -0.15) is 0 Å². The third-order valence-corrected chi connectivity index (χ3v) is 6.01. The smallest absolute Gasteiger partial charge is 0.256 e. The van der Waals surface area contributed by atoms with Crippen LogP contribution in [0.15, 0.2) is 65.5 Å². The molecule has 0 fully saturated rings. The van der Waals surface area contributed by atoms with E-state index < -0.39 is 0 Å². The summed E-state index contributed by atoms with van der Waals surface area (Å²) in [4.78, 5) is 26.6. The van der Waals surface area contributed by atoms with Crippen LogP contribution in [0.3, 0.4) is 0 Å². The van der Waals surface area contributed by atoms with Gasteiger partial charge in [0, 0.05) is 34.9 Å². The van der Waals surface area contributed by atoms with E-state index in [1.807, 2.05) is 75.4 Å². The largest absolute Gasteiger partial charge is 0.493 e. The van der Waals surface area contributed by atoms with E-state index in [1.54, 1.807) is 20.3 Å². The summed E-state index contributed by atoms with van der Waals surface area (Å²) < 4.78 is 12.4. The fourth-order valence-corrected chi connectivity index (χ4v) is 4.31. The molecule has 0 saturated carbocycles. The van der Waals surface area contributed by atoms with Gasteiger partial charge in [0.15, 0.2) is 11.5 Å². The van der Waals surface area contributed by atoms with Crippen LogP contribution in [-0.2, 0) is 17.9 Å². The number of ether oxygens (including phenoxy) is 2. The number of fused-ring (bicyclic) bond motifs is 1. The number of benzene rings is 3. The molecule has 1 aromatic heterocycles. The highest BCUT2D eigenvalue weighted by Crippen LogP contribution is 2.32. The summed E-state index contributed by atoms with van der Waals surface area (Å²) in [5.41, 5.74) is 5.75. The van der Waals surface area contributed by atoms with Gasteiger partial charge in [0.1, 0.15) is 6.54 Å². The molecule has 0 spiro atoms. The van der Waals surface area contributed by atoms with Crippen LogP contribution in [0, 0.1) is 20.8 Å². The number of rotatable bonds is 8. The summed E-state index contributed by atoms with van der Waals surface area (Å²) in [5.74, 6) is 0.743. The molecule has 4 rings (SSSR count). The molecule has 0 atom stereocenters. The summed E-state index contributed by atoms with van der Waals surface area (Å²) in [5, 5.41) is 7.01. The standard InChI is InChI=1S/C29H31N3O4/c1-18-6-8-23(9-7-18)30-16-22-13-21-14-26(35-4)27(36-5)15-25(21)32(29(22)34)17-28(33)31-24-11-19(2)10-20(3)12-24/h6-15,30H,16-17H2,1-5H3,(H,31,33). The monoisotopic (exact) mass is 485 g/mol. The van der Waals surface area contributed by atoms with Crippen molar-refractivity contribution in [2.75, 3.05) is 24.9 Å².